The molecule has 134 valence electrons. The summed E-state index contributed by atoms with van der Waals surface area (Å²) >= 11 is 0. The molecule has 6 heteroatoms. The van der Waals surface area contributed by atoms with Crippen molar-refractivity contribution < 1.29 is 14.0 Å². The lowest BCUT2D eigenvalue weighted by Crippen LogP contribution is -2.49. The number of nitrogens with zero attached hydrogens (tertiary/aromatic N) is 2. The minimum atomic E-state index is 0.00386. The largest absolute Gasteiger partial charge is 0.381 e. The van der Waals surface area contributed by atoms with Crippen LogP contribution in [0.3, 0.4) is 0 Å². The number of hydrogen-bond donors (Lipinski definition) is 1. The van der Waals surface area contributed by atoms with Crippen LogP contribution in [0.4, 0.5) is 0 Å². The summed E-state index contributed by atoms with van der Waals surface area (Å²) in [7, 11) is 0. The molecule has 2 saturated heterocycles. The smallest absolute Gasteiger partial charge is 0.231 e. The standard InChI is InChI=1S/C19H25N3O3/c1-2-4-15(5-3-1)12-18-21-17(22-25-18)14-20-16-6-9-24-19(13-16)7-10-23-11-8-19/h1-5,16,20H,6-14H2/t16-/m1/s1. The van der Waals surface area contributed by atoms with Gasteiger partial charge in [-0.2, -0.15) is 4.98 Å². The molecule has 3 heterocycles. The van der Waals surface area contributed by atoms with Crippen molar-refractivity contribution >= 4 is 0 Å². The highest BCUT2D eigenvalue weighted by atomic mass is 16.5. The average Bonchev–Trinajstić information content (AvgIpc) is 3.09. The second-order valence-corrected chi connectivity index (χ2v) is 6.98. The Morgan fingerprint density at radius 2 is 1.96 bits per heavy atom. The molecule has 2 aliphatic heterocycles. The first-order chi connectivity index (χ1) is 12.3. The molecule has 6 nitrogen and oxygen atoms in total. The third-order valence-electron chi connectivity index (χ3n) is 5.15. The summed E-state index contributed by atoms with van der Waals surface area (Å²) in [6, 6.07) is 10.6. The van der Waals surface area contributed by atoms with Gasteiger partial charge in [0.1, 0.15) is 0 Å². The normalized spacial score (nSPS) is 23.0. The van der Waals surface area contributed by atoms with E-state index < -0.39 is 0 Å². The highest BCUT2D eigenvalue weighted by Gasteiger charge is 2.38. The zero-order valence-corrected chi connectivity index (χ0v) is 14.4. The van der Waals surface area contributed by atoms with Crippen LogP contribution in [0.15, 0.2) is 34.9 Å². The summed E-state index contributed by atoms with van der Waals surface area (Å²) in [5.41, 5.74) is 1.18. The molecule has 0 radical (unpaired) electrons. The van der Waals surface area contributed by atoms with Crippen LogP contribution in [0, 0.1) is 0 Å². The molecule has 4 rings (SSSR count). The fourth-order valence-corrected chi connectivity index (χ4v) is 3.73. The fourth-order valence-electron chi connectivity index (χ4n) is 3.73. The van der Waals surface area contributed by atoms with Crippen molar-refractivity contribution in [3.63, 3.8) is 0 Å². The van der Waals surface area contributed by atoms with Crippen LogP contribution < -0.4 is 5.32 Å². The second-order valence-electron chi connectivity index (χ2n) is 6.98. The molecule has 1 aromatic heterocycles. The molecule has 2 aromatic rings. The van der Waals surface area contributed by atoms with Gasteiger partial charge in [0.05, 0.1) is 18.6 Å². The first-order valence-corrected chi connectivity index (χ1v) is 9.12. The summed E-state index contributed by atoms with van der Waals surface area (Å²) in [5.74, 6) is 1.38. The van der Waals surface area contributed by atoms with Crippen LogP contribution in [0.25, 0.3) is 0 Å². The zero-order chi connectivity index (χ0) is 17.0. The van der Waals surface area contributed by atoms with E-state index in [2.05, 4.69) is 27.6 Å². The molecule has 1 atom stereocenters. The second kappa shape index (κ2) is 7.64. The van der Waals surface area contributed by atoms with Crippen LogP contribution in [0.1, 0.15) is 43.0 Å². The van der Waals surface area contributed by atoms with E-state index >= 15 is 0 Å². The van der Waals surface area contributed by atoms with E-state index in [1.54, 1.807) is 0 Å². The van der Waals surface area contributed by atoms with E-state index in [9.17, 15) is 0 Å². The quantitative estimate of drug-likeness (QED) is 0.899. The van der Waals surface area contributed by atoms with Gasteiger partial charge in [0.15, 0.2) is 5.82 Å². The lowest BCUT2D eigenvalue weighted by Gasteiger charge is -2.43. The van der Waals surface area contributed by atoms with Crippen molar-refractivity contribution in [2.45, 2.75) is 50.3 Å². The molecular formula is C19H25N3O3. The number of rotatable bonds is 5. The predicted molar refractivity (Wildman–Crippen MR) is 92.1 cm³/mol. The summed E-state index contributed by atoms with van der Waals surface area (Å²) < 4.78 is 16.9. The Morgan fingerprint density at radius 1 is 1.12 bits per heavy atom. The number of aromatic nitrogens is 2. The van der Waals surface area contributed by atoms with Crippen LogP contribution in [-0.4, -0.2) is 41.6 Å². The number of hydrogen-bond acceptors (Lipinski definition) is 6. The van der Waals surface area contributed by atoms with Gasteiger partial charge in [0.2, 0.25) is 5.89 Å². The Balaban J connectivity index is 1.29. The van der Waals surface area contributed by atoms with Gasteiger partial charge in [-0.1, -0.05) is 35.5 Å². The minimum absolute atomic E-state index is 0.00386. The lowest BCUT2D eigenvalue weighted by atomic mass is 9.84. The average molecular weight is 343 g/mol. The Labute approximate surface area is 147 Å². The van der Waals surface area contributed by atoms with E-state index in [-0.39, 0.29) is 5.60 Å². The molecule has 0 aliphatic carbocycles. The molecule has 1 aromatic carbocycles. The third-order valence-corrected chi connectivity index (χ3v) is 5.15. The molecule has 0 unspecified atom stereocenters. The maximum atomic E-state index is 6.09. The molecule has 1 N–H and O–H groups in total. The topological polar surface area (TPSA) is 69.4 Å². The molecular weight excluding hydrogens is 318 g/mol. The highest BCUT2D eigenvalue weighted by Crippen LogP contribution is 2.34. The van der Waals surface area contributed by atoms with Crippen molar-refractivity contribution in [1.29, 1.82) is 0 Å². The molecule has 2 fully saturated rings. The molecule has 1 spiro atoms. The van der Waals surface area contributed by atoms with Crippen LogP contribution in [0.5, 0.6) is 0 Å². The van der Waals surface area contributed by atoms with Crippen LogP contribution in [-0.2, 0) is 22.4 Å². The lowest BCUT2D eigenvalue weighted by molar-refractivity contribution is -0.140. The van der Waals surface area contributed by atoms with Gasteiger partial charge < -0.3 is 19.3 Å². The maximum Gasteiger partial charge on any atom is 0.231 e. The first kappa shape index (κ1) is 16.7. The maximum absolute atomic E-state index is 6.09. The number of benzene rings is 1. The van der Waals surface area contributed by atoms with Crippen molar-refractivity contribution in [3.05, 3.63) is 47.6 Å². The van der Waals surface area contributed by atoms with Crippen molar-refractivity contribution in [2.24, 2.45) is 0 Å². The van der Waals surface area contributed by atoms with E-state index in [1.165, 1.54) is 5.56 Å². The number of nitrogens with one attached hydrogen (secondary N) is 1. The Morgan fingerprint density at radius 3 is 2.80 bits per heavy atom. The summed E-state index contributed by atoms with van der Waals surface area (Å²) in [4.78, 5) is 4.50. The fraction of sp³-hybridized carbons (Fsp3) is 0.579. The Bertz CT molecular complexity index is 662. The first-order valence-electron chi connectivity index (χ1n) is 9.12. The van der Waals surface area contributed by atoms with Gasteiger partial charge in [-0.25, -0.2) is 0 Å². The van der Waals surface area contributed by atoms with Crippen molar-refractivity contribution in [2.75, 3.05) is 19.8 Å². The molecule has 2 aliphatic rings. The van der Waals surface area contributed by atoms with Gasteiger partial charge in [0.25, 0.3) is 0 Å². The summed E-state index contributed by atoms with van der Waals surface area (Å²) in [6.45, 7) is 3.06. The van der Waals surface area contributed by atoms with E-state index in [0.717, 1.165) is 51.3 Å². The van der Waals surface area contributed by atoms with Crippen LogP contribution >= 0.6 is 0 Å². The zero-order valence-electron chi connectivity index (χ0n) is 14.4. The molecule has 25 heavy (non-hydrogen) atoms. The minimum Gasteiger partial charge on any atom is -0.381 e. The molecule has 0 bridgehead atoms. The summed E-state index contributed by atoms with van der Waals surface area (Å²) in [6.07, 6.45) is 4.72. The van der Waals surface area contributed by atoms with Gasteiger partial charge in [-0.15, -0.1) is 0 Å². The van der Waals surface area contributed by atoms with Crippen molar-refractivity contribution in [1.82, 2.24) is 15.5 Å². The summed E-state index contributed by atoms with van der Waals surface area (Å²) in [5, 5.41) is 7.68. The highest BCUT2D eigenvalue weighted by molar-refractivity contribution is 5.17. The van der Waals surface area contributed by atoms with E-state index in [4.69, 9.17) is 14.0 Å². The van der Waals surface area contributed by atoms with Gasteiger partial charge in [-0.05, 0) is 31.2 Å². The van der Waals surface area contributed by atoms with Crippen molar-refractivity contribution in [3.8, 4) is 0 Å². The Kier molecular flexibility index (Phi) is 5.10. The van der Waals surface area contributed by atoms with Gasteiger partial charge in [0, 0.05) is 25.9 Å². The Hall–Kier alpha value is -1.76. The van der Waals surface area contributed by atoms with Gasteiger partial charge in [-0.3, -0.25) is 0 Å². The molecule has 0 amide bonds. The SMILES string of the molecule is c1ccc(Cc2nc(CN[C@@H]3CCOC4(CCOCC4)C3)no2)cc1. The third kappa shape index (κ3) is 4.26. The van der Waals surface area contributed by atoms with E-state index in [0.29, 0.717) is 24.9 Å². The molecule has 0 saturated carbocycles. The monoisotopic (exact) mass is 343 g/mol. The van der Waals surface area contributed by atoms with Crippen LogP contribution in [0.2, 0.25) is 0 Å². The van der Waals surface area contributed by atoms with E-state index in [1.807, 2.05) is 18.2 Å². The predicted octanol–water partition coefficient (Wildman–Crippen LogP) is 2.48. The number of ether oxygens (including phenoxy) is 2. The van der Waals surface area contributed by atoms with Gasteiger partial charge >= 0.3 is 0 Å².